The Morgan fingerprint density at radius 1 is 0.979 bits per heavy atom. The third-order valence-corrected chi connectivity index (χ3v) is 9.26. The molecule has 4 rings (SSSR count). The smallest absolute Gasteiger partial charge is 0.170 e. The molecule has 3 nitrogen and oxygen atoms in total. The number of hydrogen-bond donors (Lipinski definition) is 0. The van der Waals surface area contributed by atoms with Gasteiger partial charge in [-0.3, -0.25) is 4.79 Å². The first-order chi connectivity index (χ1) is 22.2. The Bertz CT molecular complexity index is 1460. The van der Waals surface area contributed by atoms with E-state index >= 15 is 0 Å². The second-order valence-corrected chi connectivity index (χ2v) is 16.6. The molecule has 1 aromatic heterocycles. The summed E-state index contributed by atoms with van der Waals surface area (Å²) in [4.78, 5) is 16.5. The largest absolute Gasteiger partial charge is 0.480 e. The summed E-state index contributed by atoms with van der Waals surface area (Å²) in [5.74, 6) is 1.53. The fourth-order valence-corrected chi connectivity index (χ4v) is 4.67. The first kappa shape index (κ1) is 43.5. The first-order valence-electron chi connectivity index (χ1n) is 17.6. The van der Waals surface area contributed by atoms with Crippen molar-refractivity contribution < 1.29 is 9.53 Å². The van der Waals surface area contributed by atoms with E-state index in [9.17, 15) is 4.79 Å². The molecule has 0 spiro atoms. The summed E-state index contributed by atoms with van der Waals surface area (Å²) < 4.78 is 5.92. The van der Waals surface area contributed by atoms with Gasteiger partial charge in [0.2, 0.25) is 0 Å². The van der Waals surface area contributed by atoms with Crippen LogP contribution in [0.4, 0.5) is 0 Å². The highest BCUT2D eigenvalue weighted by Gasteiger charge is 2.34. The van der Waals surface area contributed by atoms with Gasteiger partial charge in [-0.05, 0) is 91.9 Å². The van der Waals surface area contributed by atoms with Crippen molar-refractivity contribution in [3.63, 3.8) is 0 Å². The van der Waals surface area contributed by atoms with Crippen molar-refractivity contribution in [1.29, 1.82) is 0 Å². The third kappa shape index (κ3) is 15.0. The van der Waals surface area contributed by atoms with Crippen LogP contribution in [-0.4, -0.2) is 16.9 Å². The van der Waals surface area contributed by atoms with Crippen LogP contribution in [0.5, 0.6) is 5.75 Å². The van der Waals surface area contributed by atoms with Crippen LogP contribution in [0, 0.1) is 11.3 Å². The van der Waals surface area contributed by atoms with E-state index < -0.39 is 6.10 Å². The van der Waals surface area contributed by atoms with Gasteiger partial charge < -0.3 is 4.74 Å². The Balaban J connectivity index is 0.000000404. The number of carbonyl (C=O) groups excluding carboxylic acids is 1. The molecule has 0 radical (unpaired) electrons. The molecule has 2 atom stereocenters. The second kappa shape index (κ2) is 19.6. The van der Waals surface area contributed by atoms with E-state index in [1.165, 1.54) is 48.8 Å². The topological polar surface area (TPSA) is 39.2 Å². The lowest BCUT2D eigenvalue weighted by Gasteiger charge is -2.23. The van der Waals surface area contributed by atoms with E-state index in [-0.39, 0.29) is 11.2 Å². The van der Waals surface area contributed by atoms with Crippen LogP contribution < -0.4 is 10.0 Å². The molecule has 48 heavy (non-hydrogen) atoms. The number of Topliss-reactive ketones (excluding diaryl/α,β-unsaturated/α-hetero) is 1. The zero-order chi connectivity index (χ0) is 37.0. The average molecular weight is 694 g/mol. The molecule has 1 aliphatic carbocycles. The highest BCUT2D eigenvalue weighted by Crippen LogP contribution is 2.41. The summed E-state index contributed by atoms with van der Waals surface area (Å²) in [6, 6.07) is 7.91. The van der Waals surface area contributed by atoms with Crippen LogP contribution in [0.1, 0.15) is 133 Å². The zero-order valence-electron chi connectivity index (χ0n) is 32.5. The number of nitrogens with zero attached hydrogens (tertiary/aromatic N) is 1. The molecule has 2 unspecified atom stereocenters. The van der Waals surface area contributed by atoms with E-state index in [4.69, 9.17) is 21.3 Å². The Kier molecular flexibility index (Phi) is 17.8. The van der Waals surface area contributed by atoms with Crippen molar-refractivity contribution in [1.82, 2.24) is 4.98 Å². The maximum Gasteiger partial charge on any atom is 0.170 e. The molecule has 2 heterocycles. The minimum absolute atomic E-state index is 0.0353. The number of pyridine rings is 1. The number of unbranched alkanes of at least 4 members (excludes halogenated alkanes) is 1. The molecule has 2 aliphatic rings. The summed E-state index contributed by atoms with van der Waals surface area (Å²) in [6.07, 6.45) is 10.9. The monoisotopic (exact) mass is 693 g/mol. The van der Waals surface area contributed by atoms with Crippen LogP contribution in [0.2, 0.25) is 5.02 Å². The second-order valence-electron chi connectivity index (χ2n) is 15.6. The van der Waals surface area contributed by atoms with Crippen LogP contribution in [0.3, 0.4) is 0 Å². The van der Waals surface area contributed by atoms with E-state index in [1.807, 2.05) is 18.2 Å². The Hall–Kier alpha value is -2.48. The van der Waals surface area contributed by atoms with Gasteiger partial charge in [0.15, 0.2) is 11.9 Å². The lowest BCUT2D eigenvalue weighted by Crippen LogP contribution is -2.22. The normalized spacial score (nSPS) is 15.2. The number of benzene rings is 1. The lowest BCUT2D eigenvalue weighted by atomic mass is 9.85. The Morgan fingerprint density at radius 3 is 1.94 bits per heavy atom. The predicted molar refractivity (Wildman–Crippen MR) is 216 cm³/mol. The van der Waals surface area contributed by atoms with Crippen molar-refractivity contribution in [3.05, 3.63) is 88.1 Å². The molecule has 0 amide bonds. The van der Waals surface area contributed by atoms with Gasteiger partial charge in [0, 0.05) is 22.6 Å². The average Bonchev–Trinajstić information content (AvgIpc) is 3.75. The molecule has 0 N–H and O–H groups in total. The first-order valence-corrected chi connectivity index (χ1v) is 18.6. The van der Waals surface area contributed by atoms with Gasteiger partial charge in [0.25, 0.3) is 0 Å². The Morgan fingerprint density at radius 2 is 1.54 bits per heavy atom. The molecule has 1 aliphatic heterocycles. The number of hydrogen-bond acceptors (Lipinski definition) is 3. The van der Waals surface area contributed by atoms with Crippen LogP contribution in [0.25, 0.3) is 11.3 Å². The minimum atomic E-state index is -0.425. The highest BCUT2D eigenvalue weighted by atomic mass is 35.5. The zero-order valence-corrected chi connectivity index (χ0v) is 34.4. The number of ketones is 1. The van der Waals surface area contributed by atoms with Gasteiger partial charge in [-0.1, -0.05) is 136 Å². The Labute approximate surface area is 302 Å². The van der Waals surface area contributed by atoms with Gasteiger partial charge >= 0.3 is 0 Å². The summed E-state index contributed by atoms with van der Waals surface area (Å²) in [6.45, 7) is 35.7. The number of ether oxygens (including phenoxy) is 1. The molecule has 5 heteroatoms. The number of rotatable bonds is 7. The molecular weight excluding hydrogens is 629 g/mol. The van der Waals surface area contributed by atoms with E-state index in [2.05, 4.69) is 124 Å². The number of fused-ring (bicyclic) bond motifs is 1. The van der Waals surface area contributed by atoms with Crippen LogP contribution in [-0.2, 0) is 16.6 Å². The van der Waals surface area contributed by atoms with Crippen molar-refractivity contribution in [2.75, 3.05) is 0 Å². The molecule has 0 bridgehead atoms. The number of aromatic nitrogens is 1. The summed E-state index contributed by atoms with van der Waals surface area (Å²) >= 11 is 6.12. The fraction of sp³-hybridized carbons (Fsp3) is 0.535. The van der Waals surface area contributed by atoms with Gasteiger partial charge in [-0.15, -0.1) is 9.24 Å². The molecular formula is C43H65ClNO2P. The number of halogens is 1. The van der Waals surface area contributed by atoms with Crippen LogP contribution in [0.15, 0.2) is 71.9 Å². The molecule has 1 saturated carbocycles. The summed E-state index contributed by atoms with van der Waals surface area (Å²) in [5.41, 5.74) is 9.21. The molecule has 1 fully saturated rings. The van der Waals surface area contributed by atoms with Crippen molar-refractivity contribution in [2.45, 2.75) is 140 Å². The van der Waals surface area contributed by atoms with Crippen LogP contribution >= 0.6 is 20.8 Å². The molecule has 2 aromatic rings. The van der Waals surface area contributed by atoms with Gasteiger partial charge in [-0.25, -0.2) is 4.98 Å². The molecule has 0 saturated heterocycles. The lowest BCUT2D eigenvalue weighted by molar-refractivity contribution is -0.122. The number of carbonyl (C=O) groups is 1. The highest BCUT2D eigenvalue weighted by molar-refractivity contribution is 7.28. The van der Waals surface area contributed by atoms with E-state index in [1.54, 1.807) is 6.92 Å². The van der Waals surface area contributed by atoms with Crippen molar-refractivity contribution >= 4 is 31.9 Å². The SMILES string of the molecule is C=C(C)/C(=C\C=C(C)C)C(=C)C1CC1.CC(=O)C1Cc2nc(-c3ccc(Cl)c(P)c3)cc(C(C)(C)C)c2O1.CCC(C)(C)C.CCCC. The predicted octanol–water partition coefficient (Wildman–Crippen LogP) is 12.8. The quantitative estimate of drug-likeness (QED) is 0.214. The van der Waals surface area contributed by atoms with E-state index in [0.717, 1.165) is 45.1 Å². The maximum atomic E-state index is 11.7. The molecule has 266 valence electrons. The van der Waals surface area contributed by atoms with Gasteiger partial charge in [0.1, 0.15) is 5.75 Å². The van der Waals surface area contributed by atoms with Crippen molar-refractivity contribution in [2.24, 2.45) is 11.3 Å². The molecule has 1 aromatic carbocycles. The summed E-state index contributed by atoms with van der Waals surface area (Å²) in [5, 5.41) is 1.65. The van der Waals surface area contributed by atoms with Gasteiger partial charge in [0.05, 0.1) is 11.4 Å². The fourth-order valence-electron chi connectivity index (χ4n) is 4.28. The maximum absolute atomic E-state index is 11.7. The third-order valence-electron chi connectivity index (χ3n) is 8.26. The number of allylic oxidation sites excluding steroid dienone is 6. The van der Waals surface area contributed by atoms with Crippen molar-refractivity contribution in [3.8, 4) is 17.0 Å². The van der Waals surface area contributed by atoms with Gasteiger partial charge in [-0.2, -0.15) is 0 Å². The van der Waals surface area contributed by atoms with E-state index in [0.29, 0.717) is 16.9 Å². The summed E-state index contributed by atoms with van der Waals surface area (Å²) in [7, 11) is 2.64. The minimum Gasteiger partial charge on any atom is -0.480 e. The standard InChI is InChI=1S/C19H21ClNO2P.C14H20.C6H14.C4H10/c1-10(22)16-9-15-18(23-16)12(19(2,3)4)8-14(21-15)11-5-6-13(20)17(24)7-11;1-10(2)6-9-14(11(3)4)12(5)13-7-8-13;1-5-6(2,3)4;1-3-4-2/h5-8,16H,9,24H2,1-4H3;6,9,13H,3,5,7-8H2,1-2,4H3;5H2,1-4H3;3-4H2,1-2H3/b;14-9+;;.